The van der Waals surface area contributed by atoms with Crippen LogP contribution in [0.2, 0.25) is 0 Å². The Labute approximate surface area is 71.0 Å². The van der Waals surface area contributed by atoms with Gasteiger partial charge in [0.25, 0.3) is 0 Å². The van der Waals surface area contributed by atoms with Gasteiger partial charge in [-0.25, -0.2) is 0 Å². The molecule has 0 aromatic heterocycles. The summed E-state index contributed by atoms with van der Waals surface area (Å²) >= 11 is 0. The maximum atomic E-state index is 2.28. The van der Waals surface area contributed by atoms with Crippen LogP contribution in [-0.2, 0) is 0 Å². The van der Waals surface area contributed by atoms with Gasteiger partial charge in [-0.05, 0) is 26.7 Å². The Hall–Kier alpha value is -0.520. The van der Waals surface area contributed by atoms with E-state index in [0.29, 0.717) is 5.92 Å². The molecule has 0 aliphatic carbocycles. The molecule has 0 rings (SSSR count). The average Bonchev–Trinajstić information content (AvgIpc) is 1.99. The van der Waals surface area contributed by atoms with Crippen molar-refractivity contribution < 1.29 is 0 Å². The predicted octanol–water partition coefficient (Wildman–Crippen LogP) is 3.95. The Morgan fingerprint density at radius 3 is 2.18 bits per heavy atom. The summed E-state index contributed by atoms with van der Waals surface area (Å²) in [6.45, 7) is 10.9. The molecule has 1 unspecified atom stereocenters. The van der Waals surface area contributed by atoms with Gasteiger partial charge in [0.15, 0.2) is 0 Å². The van der Waals surface area contributed by atoms with Crippen LogP contribution in [0.1, 0.15) is 41.0 Å². The number of hydrogen-bond acceptors (Lipinski definition) is 0. The second-order valence-corrected chi connectivity index (χ2v) is 3.43. The summed E-state index contributed by atoms with van der Waals surface area (Å²) in [6.07, 6.45) is 5.73. The molecule has 0 nitrogen and oxygen atoms in total. The number of rotatable bonds is 3. The van der Waals surface area contributed by atoms with Gasteiger partial charge in [-0.3, -0.25) is 0 Å². The van der Waals surface area contributed by atoms with Crippen molar-refractivity contribution in [1.82, 2.24) is 0 Å². The second-order valence-electron chi connectivity index (χ2n) is 3.43. The van der Waals surface area contributed by atoms with E-state index in [1.807, 2.05) is 0 Å². The molecule has 0 aromatic carbocycles. The molecule has 0 amide bonds. The quantitative estimate of drug-likeness (QED) is 0.537. The first-order valence-corrected chi connectivity index (χ1v) is 4.40. The van der Waals surface area contributed by atoms with Crippen LogP contribution >= 0.6 is 0 Å². The van der Waals surface area contributed by atoms with E-state index in [4.69, 9.17) is 0 Å². The molecule has 0 heteroatoms. The Bertz CT molecular complexity index is 157. The van der Waals surface area contributed by atoms with Crippen molar-refractivity contribution in [2.75, 3.05) is 0 Å². The first-order chi connectivity index (χ1) is 5.07. The van der Waals surface area contributed by atoms with E-state index in [1.165, 1.54) is 17.6 Å². The summed E-state index contributed by atoms with van der Waals surface area (Å²) in [7, 11) is 0. The molecule has 1 atom stereocenters. The Morgan fingerprint density at radius 1 is 1.27 bits per heavy atom. The third-order valence-corrected chi connectivity index (χ3v) is 2.11. The van der Waals surface area contributed by atoms with E-state index in [-0.39, 0.29) is 0 Å². The molecule has 0 spiro atoms. The normalized spacial score (nSPS) is 13.5. The highest BCUT2D eigenvalue weighted by molar-refractivity contribution is 5.21. The lowest BCUT2D eigenvalue weighted by molar-refractivity contribution is 0.697. The van der Waals surface area contributed by atoms with Crippen LogP contribution in [0.3, 0.4) is 0 Å². The molecule has 0 N–H and O–H groups in total. The van der Waals surface area contributed by atoms with E-state index in [0.717, 1.165) is 0 Å². The molecule has 0 aliphatic heterocycles. The van der Waals surface area contributed by atoms with Crippen molar-refractivity contribution >= 4 is 0 Å². The molecule has 0 fully saturated rings. The third kappa shape index (κ3) is 4.83. The fourth-order valence-corrected chi connectivity index (χ4v) is 0.611. The Kier molecular flexibility index (Phi) is 4.93. The topological polar surface area (TPSA) is 0 Å². The lowest BCUT2D eigenvalue weighted by Gasteiger charge is -2.00. The van der Waals surface area contributed by atoms with Crippen LogP contribution in [0.5, 0.6) is 0 Å². The molecule has 0 heterocycles. The zero-order chi connectivity index (χ0) is 8.85. The van der Waals surface area contributed by atoms with Gasteiger partial charge in [-0.1, -0.05) is 43.6 Å². The third-order valence-electron chi connectivity index (χ3n) is 2.11. The maximum absolute atomic E-state index is 2.28. The SMILES string of the molecule is CCC(C)/C=C\C(C)=C(C)C. The van der Waals surface area contributed by atoms with Crippen LogP contribution in [0.25, 0.3) is 0 Å². The van der Waals surface area contributed by atoms with Crippen LogP contribution < -0.4 is 0 Å². The lowest BCUT2D eigenvalue weighted by atomic mass is 10.1. The summed E-state index contributed by atoms with van der Waals surface area (Å²) in [5.74, 6) is 0.712. The van der Waals surface area contributed by atoms with Crippen LogP contribution in [0.15, 0.2) is 23.3 Å². The average molecular weight is 152 g/mol. The molecule has 0 saturated carbocycles. The second kappa shape index (κ2) is 5.17. The first-order valence-electron chi connectivity index (χ1n) is 4.40. The van der Waals surface area contributed by atoms with Gasteiger partial charge < -0.3 is 0 Å². The van der Waals surface area contributed by atoms with Gasteiger partial charge in [-0.2, -0.15) is 0 Å². The molecule has 0 aromatic rings. The molecule has 0 bridgehead atoms. The van der Waals surface area contributed by atoms with Crippen molar-refractivity contribution in [3.05, 3.63) is 23.3 Å². The highest BCUT2D eigenvalue weighted by Crippen LogP contribution is 2.08. The highest BCUT2D eigenvalue weighted by Gasteiger charge is 1.90. The summed E-state index contributed by atoms with van der Waals surface area (Å²) < 4.78 is 0. The number of hydrogen-bond donors (Lipinski definition) is 0. The zero-order valence-electron chi connectivity index (χ0n) is 8.44. The molecule has 64 valence electrons. The van der Waals surface area contributed by atoms with E-state index < -0.39 is 0 Å². The summed E-state index contributed by atoms with van der Waals surface area (Å²) in [6, 6.07) is 0. The van der Waals surface area contributed by atoms with E-state index in [1.54, 1.807) is 0 Å². The lowest BCUT2D eigenvalue weighted by Crippen LogP contribution is -1.84. The Morgan fingerprint density at radius 2 is 1.82 bits per heavy atom. The summed E-state index contributed by atoms with van der Waals surface area (Å²) in [4.78, 5) is 0. The van der Waals surface area contributed by atoms with E-state index in [2.05, 4.69) is 46.8 Å². The summed E-state index contributed by atoms with van der Waals surface area (Å²) in [5, 5.41) is 0. The fraction of sp³-hybridized carbons (Fsp3) is 0.636. The highest BCUT2D eigenvalue weighted by atomic mass is 14.0. The largest absolute Gasteiger partial charge is 0.0814 e. The molecular formula is C11H20. The minimum absolute atomic E-state index is 0.712. The zero-order valence-corrected chi connectivity index (χ0v) is 8.44. The number of allylic oxidation sites excluding steroid dienone is 4. The minimum Gasteiger partial charge on any atom is -0.0814 e. The van der Waals surface area contributed by atoms with Gasteiger partial charge in [-0.15, -0.1) is 0 Å². The monoisotopic (exact) mass is 152 g/mol. The van der Waals surface area contributed by atoms with Crippen molar-refractivity contribution in [2.24, 2.45) is 5.92 Å². The van der Waals surface area contributed by atoms with Gasteiger partial charge in [0.2, 0.25) is 0 Å². The molecule has 11 heavy (non-hydrogen) atoms. The Balaban J connectivity index is 4.03. The standard InChI is InChI=1S/C11H20/c1-6-10(4)7-8-11(5)9(2)3/h7-8,10H,6H2,1-5H3/b8-7-. The first kappa shape index (κ1) is 10.5. The molecular weight excluding hydrogens is 132 g/mol. The fourth-order valence-electron chi connectivity index (χ4n) is 0.611. The van der Waals surface area contributed by atoms with Crippen LogP contribution in [-0.4, -0.2) is 0 Å². The van der Waals surface area contributed by atoms with Crippen LogP contribution in [0, 0.1) is 5.92 Å². The van der Waals surface area contributed by atoms with Gasteiger partial charge >= 0.3 is 0 Å². The molecule has 0 saturated heterocycles. The minimum atomic E-state index is 0.712. The van der Waals surface area contributed by atoms with Crippen molar-refractivity contribution in [1.29, 1.82) is 0 Å². The van der Waals surface area contributed by atoms with Crippen molar-refractivity contribution in [2.45, 2.75) is 41.0 Å². The molecule has 0 radical (unpaired) electrons. The van der Waals surface area contributed by atoms with Crippen molar-refractivity contribution in [3.8, 4) is 0 Å². The van der Waals surface area contributed by atoms with E-state index >= 15 is 0 Å². The maximum Gasteiger partial charge on any atom is -0.0261 e. The van der Waals surface area contributed by atoms with Gasteiger partial charge in [0, 0.05) is 0 Å². The van der Waals surface area contributed by atoms with Gasteiger partial charge in [0.05, 0.1) is 0 Å². The predicted molar refractivity (Wildman–Crippen MR) is 52.6 cm³/mol. The van der Waals surface area contributed by atoms with Crippen molar-refractivity contribution in [3.63, 3.8) is 0 Å². The van der Waals surface area contributed by atoms with E-state index in [9.17, 15) is 0 Å². The smallest absolute Gasteiger partial charge is 0.0261 e. The summed E-state index contributed by atoms with van der Waals surface area (Å²) in [5.41, 5.74) is 2.80. The molecule has 0 aliphatic rings. The van der Waals surface area contributed by atoms with Crippen LogP contribution in [0.4, 0.5) is 0 Å². The van der Waals surface area contributed by atoms with Gasteiger partial charge in [0.1, 0.15) is 0 Å².